The Labute approximate surface area is 311 Å². The Balaban J connectivity index is 0.00000541. The molecular weight excluding hydrogens is 715 g/mol. The normalized spacial score (nSPS) is 18.1. The summed E-state index contributed by atoms with van der Waals surface area (Å²) in [6.07, 6.45) is 1.71. The largest absolute Gasteiger partial charge is 0.399 e. The Morgan fingerprint density at radius 2 is 1.77 bits per heavy atom. The molecule has 53 heavy (non-hydrogen) atoms. The van der Waals surface area contributed by atoms with Crippen LogP contribution in [-0.2, 0) is 28.9 Å². The van der Waals surface area contributed by atoms with Crippen LogP contribution in [0.4, 0.5) is 22.0 Å². The molecule has 6 rings (SSSR count). The molecule has 1 aliphatic carbocycles. The van der Waals surface area contributed by atoms with Gasteiger partial charge in [-0.1, -0.05) is 60.7 Å². The number of piperidine rings is 1. The molecule has 1 saturated heterocycles. The van der Waals surface area contributed by atoms with Gasteiger partial charge in [-0.05, 0) is 67.0 Å². The first kappa shape index (κ1) is 39.8. The van der Waals surface area contributed by atoms with Gasteiger partial charge in [0.15, 0.2) is 17.1 Å². The number of nitrogens with zero attached hydrogens (tertiary/aromatic N) is 4. The Hall–Kier alpha value is -4.39. The van der Waals surface area contributed by atoms with Crippen LogP contribution in [0.1, 0.15) is 36.1 Å². The molecular formula is C40H42ClF5N4O3. The standard InChI is InChI=1S/C40H41F5N4O3.ClH/c1-52-24-23-47-21-16-31(17-22-47)49(27-39(40(43,44)45)18-14-29(15-19-39)28-7-3-2-4-8-28)36(51)26-48-32(13-12-30-9-5-11-34(41)37(30)42)25-35(50)33-10-6-20-46-38(33)48;/h2-11,14-15,18,20,25,31H,12-13,16-17,19,21-24,26-27H2,1H3;1H. The molecule has 2 aromatic carbocycles. The van der Waals surface area contributed by atoms with Crippen molar-refractivity contribution in [2.24, 2.45) is 5.41 Å². The lowest BCUT2D eigenvalue weighted by molar-refractivity contribution is -0.212. The minimum atomic E-state index is -4.67. The zero-order valence-electron chi connectivity index (χ0n) is 29.3. The third-order valence-electron chi connectivity index (χ3n) is 10.2. The maximum Gasteiger partial charge on any atom is 0.399 e. The Bertz CT molecular complexity index is 2010. The summed E-state index contributed by atoms with van der Waals surface area (Å²) in [6, 6.07) is 17.0. The number of hydrogen-bond acceptors (Lipinski definition) is 5. The zero-order valence-corrected chi connectivity index (χ0v) is 30.1. The van der Waals surface area contributed by atoms with Crippen LogP contribution < -0.4 is 5.43 Å². The van der Waals surface area contributed by atoms with Gasteiger partial charge in [0.1, 0.15) is 17.6 Å². The molecule has 1 aliphatic heterocycles. The van der Waals surface area contributed by atoms with Gasteiger partial charge in [0.05, 0.1) is 12.0 Å². The number of pyridine rings is 2. The van der Waals surface area contributed by atoms with Gasteiger partial charge in [-0.2, -0.15) is 13.2 Å². The van der Waals surface area contributed by atoms with E-state index in [-0.39, 0.29) is 53.7 Å². The number of aryl methyl sites for hydroxylation is 2. The van der Waals surface area contributed by atoms with E-state index < -0.39 is 48.3 Å². The predicted molar refractivity (Wildman–Crippen MR) is 197 cm³/mol. The third-order valence-corrected chi connectivity index (χ3v) is 10.2. The number of ether oxygens (including phenoxy) is 1. The van der Waals surface area contributed by atoms with E-state index in [4.69, 9.17) is 4.74 Å². The van der Waals surface area contributed by atoms with Crippen molar-refractivity contribution in [3.8, 4) is 0 Å². The molecule has 0 radical (unpaired) electrons. The number of hydrogen-bond donors (Lipinski definition) is 0. The molecule has 2 aromatic heterocycles. The summed E-state index contributed by atoms with van der Waals surface area (Å²) in [6.45, 7) is 1.35. The lowest BCUT2D eigenvalue weighted by Gasteiger charge is -2.44. The van der Waals surface area contributed by atoms with Crippen LogP contribution in [0, 0.1) is 17.0 Å². The molecule has 4 aromatic rings. The van der Waals surface area contributed by atoms with Gasteiger partial charge >= 0.3 is 6.18 Å². The Morgan fingerprint density at radius 3 is 2.45 bits per heavy atom. The fraction of sp³-hybridized carbons (Fsp3) is 0.375. The van der Waals surface area contributed by atoms with E-state index in [9.17, 15) is 18.4 Å². The van der Waals surface area contributed by atoms with Crippen LogP contribution in [-0.4, -0.2) is 77.4 Å². The summed E-state index contributed by atoms with van der Waals surface area (Å²) >= 11 is 0. The first-order valence-electron chi connectivity index (χ1n) is 17.4. The first-order chi connectivity index (χ1) is 25.0. The van der Waals surface area contributed by atoms with Crippen LogP contribution in [0.3, 0.4) is 0 Å². The first-order valence-corrected chi connectivity index (χ1v) is 17.4. The fourth-order valence-electron chi connectivity index (χ4n) is 7.20. The molecule has 0 N–H and O–H groups in total. The molecule has 0 saturated carbocycles. The smallest absolute Gasteiger partial charge is 0.383 e. The van der Waals surface area contributed by atoms with E-state index in [0.29, 0.717) is 50.3 Å². The number of benzene rings is 2. The minimum absolute atomic E-state index is 0. The lowest BCUT2D eigenvalue weighted by atomic mass is 9.77. The van der Waals surface area contributed by atoms with Crippen molar-refractivity contribution in [2.45, 2.75) is 50.9 Å². The van der Waals surface area contributed by atoms with Crippen LogP contribution in [0.2, 0.25) is 0 Å². The average molecular weight is 757 g/mol. The second kappa shape index (κ2) is 17.2. The van der Waals surface area contributed by atoms with E-state index in [2.05, 4.69) is 9.88 Å². The van der Waals surface area contributed by atoms with Crippen molar-refractivity contribution in [3.05, 3.63) is 130 Å². The van der Waals surface area contributed by atoms with Crippen LogP contribution in [0.25, 0.3) is 16.6 Å². The van der Waals surface area contributed by atoms with E-state index in [1.807, 2.05) is 30.3 Å². The minimum Gasteiger partial charge on any atom is -0.383 e. The van der Waals surface area contributed by atoms with Crippen molar-refractivity contribution in [1.29, 1.82) is 0 Å². The van der Waals surface area contributed by atoms with E-state index in [1.54, 1.807) is 25.3 Å². The van der Waals surface area contributed by atoms with Gasteiger partial charge in [-0.15, -0.1) is 12.4 Å². The maximum absolute atomic E-state index is 15.2. The topological polar surface area (TPSA) is 67.7 Å². The highest BCUT2D eigenvalue weighted by molar-refractivity contribution is 5.85. The van der Waals surface area contributed by atoms with E-state index in [1.165, 1.54) is 46.0 Å². The van der Waals surface area contributed by atoms with Crippen LogP contribution in [0.15, 0.2) is 95.9 Å². The lowest BCUT2D eigenvalue weighted by Crippen LogP contribution is -2.55. The molecule has 0 spiro atoms. The molecule has 1 atom stereocenters. The van der Waals surface area contributed by atoms with Crippen molar-refractivity contribution >= 4 is 34.9 Å². The van der Waals surface area contributed by atoms with Crippen molar-refractivity contribution < 1.29 is 31.5 Å². The number of rotatable bonds is 12. The van der Waals surface area contributed by atoms with Gasteiger partial charge < -0.3 is 19.1 Å². The zero-order chi connectivity index (χ0) is 36.9. The van der Waals surface area contributed by atoms with E-state index >= 15 is 13.2 Å². The fourth-order valence-corrected chi connectivity index (χ4v) is 7.20. The highest BCUT2D eigenvalue weighted by Crippen LogP contribution is 2.47. The van der Waals surface area contributed by atoms with Crippen molar-refractivity contribution in [3.63, 3.8) is 0 Å². The number of carbonyl (C=O) groups is 1. The summed E-state index contributed by atoms with van der Waals surface area (Å²) < 4.78 is 81.1. The Kier molecular flexibility index (Phi) is 12.9. The summed E-state index contributed by atoms with van der Waals surface area (Å²) in [4.78, 5) is 35.7. The van der Waals surface area contributed by atoms with Gasteiger partial charge in [0, 0.05) is 57.3 Å². The number of fused-ring (bicyclic) bond motifs is 1. The number of allylic oxidation sites excluding steroid dienone is 3. The number of amides is 1. The van der Waals surface area contributed by atoms with E-state index in [0.717, 1.165) is 11.6 Å². The number of alkyl halides is 3. The van der Waals surface area contributed by atoms with Crippen LogP contribution in [0.5, 0.6) is 0 Å². The highest BCUT2D eigenvalue weighted by atomic mass is 35.5. The number of methoxy groups -OCH3 is 1. The second-order valence-electron chi connectivity index (χ2n) is 13.5. The summed E-state index contributed by atoms with van der Waals surface area (Å²) in [5.41, 5.74) is -0.620. The number of aromatic nitrogens is 2. The molecule has 1 unspecified atom stereocenters. The Morgan fingerprint density at radius 1 is 1.02 bits per heavy atom. The monoisotopic (exact) mass is 756 g/mol. The third kappa shape index (κ3) is 8.88. The summed E-state index contributed by atoms with van der Waals surface area (Å²) in [5, 5.41) is 0.231. The molecule has 2 aliphatic rings. The average Bonchev–Trinajstić information content (AvgIpc) is 3.15. The van der Waals surface area contributed by atoms with Gasteiger partial charge in [0.25, 0.3) is 0 Å². The van der Waals surface area contributed by atoms with Gasteiger partial charge in [0.2, 0.25) is 5.91 Å². The highest BCUT2D eigenvalue weighted by Gasteiger charge is 2.55. The SMILES string of the molecule is COCCN1CCC(N(CC2(C(F)(F)F)C=CC(c3ccccc3)=CC2)C(=O)Cn2c(CCc3cccc(F)c3F)cc(=O)c3cccnc32)CC1.Cl. The van der Waals surface area contributed by atoms with Gasteiger partial charge in [-0.25, -0.2) is 13.8 Å². The molecule has 7 nitrogen and oxygen atoms in total. The molecule has 1 amide bonds. The predicted octanol–water partition coefficient (Wildman–Crippen LogP) is 7.41. The van der Waals surface area contributed by atoms with Crippen LogP contribution >= 0.6 is 12.4 Å². The van der Waals surface area contributed by atoms with Crippen molar-refractivity contribution in [1.82, 2.24) is 19.4 Å². The number of likely N-dealkylation sites (tertiary alicyclic amines) is 1. The molecule has 3 heterocycles. The summed E-state index contributed by atoms with van der Waals surface area (Å²) in [7, 11) is 1.61. The number of carbonyl (C=O) groups excluding carboxylic acids is 1. The van der Waals surface area contributed by atoms with Crippen molar-refractivity contribution in [2.75, 3.05) is 39.9 Å². The maximum atomic E-state index is 15.2. The number of halogens is 6. The molecule has 13 heteroatoms. The van der Waals surface area contributed by atoms with Gasteiger partial charge in [-0.3, -0.25) is 9.59 Å². The molecule has 282 valence electrons. The molecule has 1 fully saturated rings. The quantitative estimate of drug-likeness (QED) is 0.141. The molecule has 0 bridgehead atoms. The second-order valence-corrected chi connectivity index (χ2v) is 13.5. The summed E-state index contributed by atoms with van der Waals surface area (Å²) in [5.74, 6) is -2.56.